The summed E-state index contributed by atoms with van der Waals surface area (Å²) in [7, 11) is 0. The normalized spacial score (nSPS) is 14.8. The van der Waals surface area contributed by atoms with Crippen molar-refractivity contribution in [3.8, 4) is 0 Å². The Balaban J connectivity index is 2.10. The highest BCUT2D eigenvalue weighted by molar-refractivity contribution is 6.10. The Kier molecular flexibility index (Phi) is 3.41. The molecule has 1 aliphatic rings. The molecule has 1 aromatic rings. The van der Waals surface area contributed by atoms with Gasteiger partial charge in [0.1, 0.15) is 0 Å². The molecule has 5 nitrogen and oxygen atoms in total. The van der Waals surface area contributed by atoms with E-state index < -0.39 is 5.97 Å². The predicted molar refractivity (Wildman–Crippen MR) is 66.0 cm³/mol. The van der Waals surface area contributed by atoms with Gasteiger partial charge in [0.05, 0.1) is 25.1 Å². The summed E-state index contributed by atoms with van der Waals surface area (Å²) in [6.45, 7) is 2.37. The molecule has 0 fully saturated rings. The first-order chi connectivity index (χ1) is 8.56. The Labute approximate surface area is 105 Å². The van der Waals surface area contributed by atoms with Crippen molar-refractivity contribution in [1.29, 1.82) is 0 Å². The van der Waals surface area contributed by atoms with Crippen LogP contribution in [0.4, 0.5) is 0 Å². The molecule has 0 unspecified atom stereocenters. The van der Waals surface area contributed by atoms with E-state index in [1.807, 2.05) is 31.2 Å². The second-order valence-electron chi connectivity index (χ2n) is 4.29. The number of aryl methyl sites for hydroxylation is 1. The van der Waals surface area contributed by atoms with Gasteiger partial charge in [0.15, 0.2) is 0 Å². The van der Waals surface area contributed by atoms with Crippen LogP contribution >= 0.6 is 0 Å². The molecule has 5 heteroatoms. The van der Waals surface area contributed by atoms with Crippen molar-refractivity contribution in [2.45, 2.75) is 26.3 Å². The van der Waals surface area contributed by atoms with Crippen molar-refractivity contribution in [2.24, 2.45) is 5.10 Å². The summed E-state index contributed by atoms with van der Waals surface area (Å²) in [5, 5.41) is 14.1. The quantitative estimate of drug-likeness (QED) is 0.876. The van der Waals surface area contributed by atoms with E-state index >= 15 is 0 Å². The van der Waals surface area contributed by atoms with Crippen molar-refractivity contribution in [3.63, 3.8) is 0 Å². The van der Waals surface area contributed by atoms with E-state index in [4.69, 9.17) is 5.11 Å². The molecule has 18 heavy (non-hydrogen) atoms. The lowest BCUT2D eigenvalue weighted by atomic mass is 10.1. The van der Waals surface area contributed by atoms with E-state index in [9.17, 15) is 9.59 Å². The lowest BCUT2D eigenvalue weighted by Gasteiger charge is -2.13. The third kappa shape index (κ3) is 2.74. The van der Waals surface area contributed by atoms with Gasteiger partial charge in [-0.3, -0.25) is 9.59 Å². The summed E-state index contributed by atoms with van der Waals surface area (Å²) in [5.41, 5.74) is 2.53. The lowest BCUT2D eigenvalue weighted by molar-refractivity contribution is -0.135. The molecule has 0 aliphatic carbocycles. The molecule has 0 saturated carbocycles. The van der Waals surface area contributed by atoms with Gasteiger partial charge < -0.3 is 5.11 Å². The van der Waals surface area contributed by atoms with Crippen LogP contribution in [0.1, 0.15) is 24.0 Å². The highest BCUT2D eigenvalue weighted by atomic mass is 16.4. The summed E-state index contributed by atoms with van der Waals surface area (Å²) < 4.78 is 0. The SMILES string of the molecule is Cc1ccccc1CN1N=C(CC(=O)O)CC1=O. The first-order valence-corrected chi connectivity index (χ1v) is 5.69. The Hall–Kier alpha value is -2.17. The lowest BCUT2D eigenvalue weighted by Crippen LogP contribution is -2.20. The molecule has 0 bridgehead atoms. The summed E-state index contributed by atoms with van der Waals surface area (Å²) in [6.07, 6.45) is -0.0613. The third-order valence-electron chi connectivity index (χ3n) is 2.84. The van der Waals surface area contributed by atoms with E-state index in [1.165, 1.54) is 5.01 Å². The van der Waals surface area contributed by atoms with Crippen LogP contribution in [-0.4, -0.2) is 27.7 Å². The van der Waals surface area contributed by atoms with Crippen LogP contribution in [-0.2, 0) is 16.1 Å². The van der Waals surface area contributed by atoms with Gasteiger partial charge in [-0.15, -0.1) is 0 Å². The number of carbonyl (C=O) groups is 2. The molecular weight excluding hydrogens is 232 g/mol. The fourth-order valence-electron chi connectivity index (χ4n) is 1.87. The highest BCUT2D eigenvalue weighted by Gasteiger charge is 2.25. The largest absolute Gasteiger partial charge is 0.481 e. The van der Waals surface area contributed by atoms with E-state index in [0.29, 0.717) is 12.3 Å². The molecule has 0 aromatic heterocycles. The zero-order chi connectivity index (χ0) is 13.1. The number of aliphatic carboxylic acids is 1. The predicted octanol–water partition coefficient (Wildman–Crippen LogP) is 1.56. The minimum absolute atomic E-state index is 0.109. The molecule has 1 heterocycles. The molecule has 1 aromatic carbocycles. The first kappa shape index (κ1) is 12.3. The average molecular weight is 246 g/mol. The van der Waals surface area contributed by atoms with Gasteiger partial charge in [-0.05, 0) is 18.1 Å². The Morgan fingerprint density at radius 2 is 2.17 bits per heavy atom. The van der Waals surface area contributed by atoms with Crippen LogP contribution in [0.2, 0.25) is 0 Å². The number of hydrogen-bond acceptors (Lipinski definition) is 3. The van der Waals surface area contributed by atoms with Crippen molar-refractivity contribution < 1.29 is 14.7 Å². The summed E-state index contributed by atoms with van der Waals surface area (Å²) in [5.74, 6) is -1.10. The summed E-state index contributed by atoms with van der Waals surface area (Å²) in [6, 6.07) is 7.75. The van der Waals surface area contributed by atoms with Crippen molar-refractivity contribution in [3.05, 3.63) is 35.4 Å². The molecule has 0 spiro atoms. The van der Waals surface area contributed by atoms with E-state index in [0.717, 1.165) is 11.1 Å². The van der Waals surface area contributed by atoms with Gasteiger partial charge in [-0.25, -0.2) is 5.01 Å². The fraction of sp³-hybridized carbons (Fsp3) is 0.308. The van der Waals surface area contributed by atoms with Gasteiger partial charge in [0.25, 0.3) is 0 Å². The van der Waals surface area contributed by atoms with Crippen LogP contribution < -0.4 is 0 Å². The number of hydrogen-bond donors (Lipinski definition) is 1. The maximum atomic E-state index is 11.7. The molecule has 0 saturated heterocycles. The minimum Gasteiger partial charge on any atom is -0.481 e. The number of nitrogens with zero attached hydrogens (tertiary/aromatic N) is 2. The van der Waals surface area contributed by atoms with Crippen molar-refractivity contribution >= 4 is 17.6 Å². The van der Waals surface area contributed by atoms with Gasteiger partial charge in [0.2, 0.25) is 5.91 Å². The average Bonchev–Trinajstić information content (AvgIpc) is 2.61. The van der Waals surface area contributed by atoms with Crippen LogP contribution in [0.25, 0.3) is 0 Å². The second-order valence-corrected chi connectivity index (χ2v) is 4.29. The standard InChI is InChI=1S/C13H14N2O3/c1-9-4-2-3-5-10(9)8-15-12(16)6-11(14-15)7-13(17)18/h2-5H,6-8H2,1H3,(H,17,18). The number of benzene rings is 1. The Morgan fingerprint density at radius 3 is 2.83 bits per heavy atom. The highest BCUT2D eigenvalue weighted by Crippen LogP contribution is 2.16. The van der Waals surface area contributed by atoms with Crippen molar-refractivity contribution in [1.82, 2.24) is 5.01 Å². The van der Waals surface area contributed by atoms with Crippen LogP contribution in [0, 0.1) is 6.92 Å². The number of amides is 1. The van der Waals surface area contributed by atoms with Gasteiger partial charge in [0, 0.05) is 0 Å². The minimum atomic E-state index is -0.959. The monoisotopic (exact) mass is 246 g/mol. The van der Waals surface area contributed by atoms with E-state index in [1.54, 1.807) is 0 Å². The zero-order valence-corrected chi connectivity index (χ0v) is 10.1. The van der Waals surface area contributed by atoms with E-state index in [-0.39, 0.29) is 18.7 Å². The Morgan fingerprint density at radius 1 is 1.44 bits per heavy atom. The number of hydrazone groups is 1. The number of rotatable bonds is 4. The maximum absolute atomic E-state index is 11.7. The van der Waals surface area contributed by atoms with Crippen molar-refractivity contribution in [2.75, 3.05) is 0 Å². The molecule has 2 rings (SSSR count). The molecule has 0 atom stereocenters. The first-order valence-electron chi connectivity index (χ1n) is 5.69. The van der Waals surface area contributed by atoms with E-state index in [2.05, 4.69) is 5.10 Å². The topological polar surface area (TPSA) is 70.0 Å². The van der Waals surface area contributed by atoms with Gasteiger partial charge in [-0.2, -0.15) is 5.10 Å². The Bertz CT molecular complexity index is 523. The summed E-state index contributed by atoms with van der Waals surface area (Å²) >= 11 is 0. The second kappa shape index (κ2) is 5.00. The summed E-state index contributed by atoms with van der Waals surface area (Å²) in [4.78, 5) is 22.3. The van der Waals surface area contributed by atoms with Crippen LogP contribution in [0.3, 0.4) is 0 Å². The van der Waals surface area contributed by atoms with Crippen LogP contribution in [0.15, 0.2) is 29.4 Å². The number of carboxylic acids is 1. The fourth-order valence-corrected chi connectivity index (χ4v) is 1.87. The molecule has 94 valence electrons. The molecule has 0 radical (unpaired) electrons. The smallest absolute Gasteiger partial charge is 0.309 e. The van der Waals surface area contributed by atoms with Gasteiger partial charge in [-0.1, -0.05) is 24.3 Å². The molecular formula is C13H14N2O3. The molecule has 1 aliphatic heterocycles. The molecule has 1 amide bonds. The van der Waals surface area contributed by atoms with Crippen LogP contribution in [0.5, 0.6) is 0 Å². The zero-order valence-electron chi connectivity index (χ0n) is 10.1. The third-order valence-corrected chi connectivity index (χ3v) is 2.84. The number of carbonyl (C=O) groups excluding carboxylic acids is 1. The maximum Gasteiger partial charge on any atom is 0.309 e. The molecule has 1 N–H and O–H groups in total. The number of carboxylic acid groups (broad SMARTS) is 1. The van der Waals surface area contributed by atoms with Gasteiger partial charge >= 0.3 is 5.97 Å².